The largest absolute Gasteiger partial charge is 0.481 e. The van der Waals surface area contributed by atoms with Crippen LogP contribution in [0.15, 0.2) is 18.2 Å². The molecule has 0 aromatic heterocycles. The van der Waals surface area contributed by atoms with Crippen LogP contribution in [0, 0.1) is 0 Å². The minimum atomic E-state index is -1.29. The number of carboxylic acids is 2. The zero-order valence-electron chi connectivity index (χ0n) is 12.2. The molecule has 126 valence electrons. The zero-order chi connectivity index (χ0) is 17.6. The number of carbonyl (C=O) groups is 3. The fourth-order valence-corrected chi connectivity index (χ4v) is 2.02. The summed E-state index contributed by atoms with van der Waals surface area (Å²) < 4.78 is 0. The van der Waals surface area contributed by atoms with Crippen LogP contribution in [0.25, 0.3) is 0 Å². The number of rotatable bonds is 8. The molecule has 1 aromatic rings. The molecular weight excluding hydrogens is 347 g/mol. The van der Waals surface area contributed by atoms with Gasteiger partial charge in [-0.25, -0.2) is 4.79 Å². The predicted octanol–water partition coefficient (Wildman–Crippen LogP) is 2.23. The van der Waals surface area contributed by atoms with Gasteiger partial charge in [0, 0.05) is 12.1 Å². The Labute approximate surface area is 142 Å². The fourth-order valence-electron chi connectivity index (χ4n) is 1.72. The van der Waals surface area contributed by atoms with Crippen molar-refractivity contribution in [2.75, 3.05) is 5.32 Å². The summed E-state index contributed by atoms with van der Waals surface area (Å²) in [6.45, 7) is 1.54. The summed E-state index contributed by atoms with van der Waals surface area (Å²) in [6.07, 6.45) is -0.554. The Bertz CT molecular complexity index is 609. The number of carbonyl (C=O) groups excluding carboxylic acids is 1. The summed E-state index contributed by atoms with van der Waals surface area (Å²) in [7, 11) is 0. The van der Waals surface area contributed by atoms with Gasteiger partial charge in [0.2, 0.25) is 5.91 Å². The third kappa shape index (κ3) is 6.33. The van der Waals surface area contributed by atoms with Gasteiger partial charge in [0.05, 0.1) is 10.0 Å². The van der Waals surface area contributed by atoms with Gasteiger partial charge in [-0.05, 0) is 31.5 Å². The summed E-state index contributed by atoms with van der Waals surface area (Å²) >= 11 is 11.7. The lowest BCUT2D eigenvalue weighted by molar-refractivity contribution is -0.143. The van der Waals surface area contributed by atoms with Crippen LogP contribution in [0.5, 0.6) is 0 Å². The molecule has 0 aliphatic rings. The Morgan fingerprint density at radius 2 is 1.83 bits per heavy atom. The highest BCUT2D eigenvalue weighted by Crippen LogP contribution is 2.25. The van der Waals surface area contributed by atoms with Gasteiger partial charge in [-0.1, -0.05) is 23.2 Å². The van der Waals surface area contributed by atoms with E-state index < -0.39 is 29.9 Å². The maximum absolute atomic E-state index is 12.0. The van der Waals surface area contributed by atoms with Crippen LogP contribution in [0.4, 0.5) is 5.69 Å². The summed E-state index contributed by atoms with van der Waals surface area (Å²) in [4.78, 5) is 33.6. The van der Waals surface area contributed by atoms with Crippen molar-refractivity contribution in [3.63, 3.8) is 0 Å². The van der Waals surface area contributed by atoms with Gasteiger partial charge >= 0.3 is 11.9 Å². The van der Waals surface area contributed by atoms with Crippen LogP contribution >= 0.6 is 23.2 Å². The number of hydrogen-bond acceptors (Lipinski definition) is 4. The molecule has 7 nitrogen and oxygen atoms in total. The highest BCUT2D eigenvalue weighted by molar-refractivity contribution is 6.42. The number of amides is 1. The third-order valence-corrected chi connectivity index (χ3v) is 3.70. The third-order valence-electron chi connectivity index (χ3n) is 2.96. The molecule has 0 aliphatic heterocycles. The van der Waals surface area contributed by atoms with Gasteiger partial charge in [-0.3, -0.25) is 9.59 Å². The van der Waals surface area contributed by atoms with E-state index in [9.17, 15) is 14.4 Å². The molecule has 1 amide bonds. The van der Waals surface area contributed by atoms with Crippen molar-refractivity contribution in [1.82, 2.24) is 5.32 Å². The molecule has 0 bridgehead atoms. The molecule has 2 atom stereocenters. The molecular formula is C14H16Cl2N2O5. The number of anilines is 1. The van der Waals surface area contributed by atoms with Crippen molar-refractivity contribution >= 4 is 46.7 Å². The minimum absolute atomic E-state index is 0.199. The number of benzene rings is 1. The summed E-state index contributed by atoms with van der Waals surface area (Å²) in [5, 5.41) is 23.4. The fraction of sp³-hybridized carbons (Fsp3) is 0.357. The zero-order valence-corrected chi connectivity index (χ0v) is 13.7. The van der Waals surface area contributed by atoms with Gasteiger partial charge < -0.3 is 20.8 Å². The lowest BCUT2D eigenvalue weighted by Gasteiger charge is -2.19. The number of hydrogen-bond donors (Lipinski definition) is 4. The van der Waals surface area contributed by atoms with Crippen LogP contribution < -0.4 is 10.6 Å². The second-order valence-electron chi connectivity index (χ2n) is 4.83. The predicted molar refractivity (Wildman–Crippen MR) is 86.0 cm³/mol. The molecule has 0 radical (unpaired) electrons. The molecule has 0 heterocycles. The smallest absolute Gasteiger partial charge is 0.326 e. The normalized spacial score (nSPS) is 13.0. The molecule has 9 heteroatoms. The molecule has 0 unspecified atom stereocenters. The number of carboxylic acid groups (broad SMARTS) is 2. The molecule has 1 aromatic carbocycles. The van der Waals surface area contributed by atoms with E-state index in [-0.39, 0.29) is 12.8 Å². The van der Waals surface area contributed by atoms with Gasteiger partial charge in [0.1, 0.15) is 12.1 Å². The minimum Gasteiger partial charge on any atom is -0.481 e. The summed E-state index contributed by atoms with van der Waals surface area (Å²) in [5.74, 6) is -3.00. The Hall–Kier alpha value is -1.99. The molecule has 23 heavy (non-hydrogen) atoms. The number of nitrogens with one attached hydrogen (secondary N) is 2. The van der Waals surface area contributed by atoms with Crippen molar-refractivity contribution in [3.05, 3.63) is 28.2 Å². The van der Waals surface area contributed by atoms with Gasteiger partial charge in [0.15, 0.2) is 0 Å². The first-order chi connectivity index (χ1) is 10.7. The highest BCUT2D eigenvalue weighted by Gasteiger charge is 2.23. The first kappa shape index (κ1) is 19.1. The van der Waals surface area contributed by atoms with Gasteiger partial charge in [0.25, 0.3) is 0 Å². The maximum Gasteiger partial charge on any atom is 0.326 e. The monoisotopic (exact) mass is 362 g/mol. The average molecular weight is 363 g/mol. The van der Waals surface area contributed by atoms with E-state index >= 15 is 0 Å². The quantitative estimate of drug-likeness (QED) is 0.563. The summed E-state index contributed by atoms with van der Waals surface area (Å²) in [5.41, 5.74) is 0.541. The lowest BCUT2D eigenvalue weighted by atomic mass is 10.1. The lowest BCUT2D eigenvalue weighted by Crippen LogP contribution is -2.47. The van der Waals surface area contributed by atoms with Gasteiger partial charge in [-0.15, -0.1) is 0 Å². The Morgan fingerprint density at radius 3 is 2.35 bits per heavy atom. The van der Waals surface area contributed by atoms with Gasteiger partial charge in [-0.2, -0.15) is 0 Å². The molecule has 0 saturated heterocycles. The molecule has 0 saturated carbocycles. The van der Waals surface area contributed by atoms with Crippen molar-refractivity contribution in [2.24, 2.45) is 0 Å². The Balaban J connectivity index is 2.65. The highest BCUT2D eigenvalue weighted by atomic mass is 35.5. The van der Waals surface area contributed by atoms with Crippen molar-refractivity contribution in [3.8, 4) is 0 Å². The number of halogens is 2. The second kappa shape index (κ2) is 8.59. The molecule has 0 spiro atoms. The van der Waals surface area contributed by atoms with E-state index in [0.717, 1.165) is 0 Å². The standard InChI is InChI=1S/C14H16Cl2N2O5/c1-7(17-8-2-3-9(15)10(16)6-8)13(21)18-11(14(22)23)4-5-12(19)20/h2-3,6-7,11,17H,4-5H2,1H3,(H,18,21)(H,19,20)(H,22,23)/t7-,11+/m1/s1. The number of aliphatic carboxylic acids is 2. The van der Waals surface area contributed by atoms with Crippen LogP contribution in [-0.2, 0) is 14.4 Å². The topological polar surface area (TPSA) is 116 Å². The van der Waals surface area contributed by atoms with Crippen LogP contribution in [0.2, 0.25) is 10.0 Å². The molecule has 0 fully saturated rings. The van der Waals surface area contributed by atoms with Crippen molar-refractivity contribution < 1.29 is 24.6 Å². The molecule has 1 rings (SSSR count). The van der Waals surface area contributed by atoms with E-state index in [2.05, 4.69) is 10.6 Å². The Morgan fingerprint density at radius 1 is 1.17 bits per heavy atom. The average Bonchev–Trinajstić information content (AvgIpc) is 2.46. The van der Waals surface area contributed by atoms with E-state index in [0.29, 0.717) is 15.7 Å². The maximum atomic E-state index is 12.0. The van der Waals surface area contributed by atoms with E-state index in [1.807, 2.05) is 0 Å². The first-order valence-electron chi connectivity index (χ1n) is 6.67. The molecule has 4 N–H and O–H groups in total. The first-order valence-corrected chi connectivity index (χ1v) is 7.43. The van der Waals surface area contributed by atoms with Crippen LogP contribution in [0.3, 0.4) is 0 Å². The Kier molecular flexibility index (Phi) is 7.12. The SMILES string of the molecule is C[C@@H](Nc1ccc(Cl)c(Cl)c1)C(=O)N[C@@H](CCC(=O)O)C(=O)O. The van der Waals surface area contributed by atoms with E-state index in [1.165, 1.54) is 13.0 Å². The summed E-state index contributed by atoms with van der Waals surface area (Å²) in [6, 6.07) is 2.70. The van der Waals surface area contributed by atoms with Crippen molar-refractivity contribution in [2.45, 2.75) is 31.8 Å². The van der Waals surface area contributed by atoms with E-state index in [1.54, 1.807) is 12.1 Å². The van der Waals surface area contributed by atoms with E-state index in [4.69, 9.17) is 33.4 Å². The molecule has 0 aliphatic carbocycles. The second-order valence-corrected chi connectivity index (χ2v) is 5.64. The van der Waals surface area contributed by atoms with Crippen molar-refractivity contribution in [1.29, 1.82) is 0 Å². The van der Waals surface area contributed by atoms with Crippen LogP contribution in [-0.4, -0.2) is 40.1 Å². The van der Waals surface area contributed by atoms with Crippen LogP contribution in [0.1, 0.15) is 19.8 Å².